The lowest BCUT2D eigenvalue weighted by molar-refractivity contribution is -0.126. The first-order valence-corrected chi connectivity index (χ1v) is 12.6. The lowest BCUT2D eigenvalue weighted by Crippen LogP contribution is -2.54. The van der Waals surface area contributed by atoms with Crippen LogP contribution in [0, 0.1) is 11.8 Å². The van der Waals surface area contributed by atoms with Gasteiger partial charge in [0.05, 0.1) is 18.3 Å². The zero-order valence-electron chi connectivity index (χ0n) is 20.3. The van der Waals surface area contributed by atoms with Gasteiger partial charge in [0.15, 0.2) is 0 Å². The van der Waals surface area contributed by atoms with E-state index in [9.17, 15) is 19.5 Å². The number of hydrogen-bond acceptors (Lipinski definition) is 6. The zero-order valence-corrected chi connectivity index (χ0v) is 20.3. The molecule has 36 heavy (non-hydrogen) atoms. The molecule has 1 saturated heterocycles. The number of pyridine rings is 1. The third-order valence-corrected chi connectivity index (χ3v) is 7.72. The highest BCUT2D eigenvalue weighted by Crippen LogP contribution is 2.49. The van der Waals surface area contributed by atoms with Crippen LogP contribution >= 0.6 is 0 Å². The molecule has 0 aromatic carbocycles. The maximum absolute atomic E-state index is 13.7. The fourth-order valence-electron chi connectivity index (χ4n) is 6.06. The molecule has 0 unspecified atom stereocenters. The minimum Gasteiger partial charge on any atom is -0.396 e. The predicted octanol–water partition coefficient (Wildman–Crippen LogP) is 1.60. The molecule has 10 nitrogen and oxygen atoms in total. The van der Waals surface area contributed by atoms with E-state index >= 15 is 0 Å². The number of aromatic nitrogens is 3. The van der Waals surface area contributed by atoms with Gasteiger partial charge in [-0.3, -0.25) is 9.59 Å². The van der Waals surface area contributed by atoms with Crippen molar-refractivity contribution in [2.75, 3.05) is 6.61 Å². The molecule has 3 N–H and O–H groups in total. The highest BCUT2D eigenvalue weighted by atomic mass is 16.3. The molecule has 0 radical (unpaired) electrons. The Morgan fingerprint density at radius 2 is 2.03 bits per heavy atom. The molecule has 3 aliphatic rings. The first kappa shape index (κ1) is 24.2. The van der Waals surface area contributed by atoms with Crippen LogP contribution in [0.15, 0.2) is 41.6 Å². The third-order valence-electron chi connectivity index (χ3n) is 7.72. The number of urea groups is 1. The summed E-state index contributed by atoms with van der Waals surface area (Å²) in [4.78, 5) is 50.0. The van der Waals surface area contributed by atoms with Gasteiger partial charge in [0, 0.05) is 48.5 Å². The topological polar surface area (TPSA) is 129 Å². The maximum Gasteiger partial charge on any atom is 0.318 e. The third kappa shape index (κ3) is 4.30. The van der Waals surface area contributed by atoms with Gasteiger partial charge in [0.2, 0.25) is 5.91 Å². The van der Waals surface area contributed by atoms with Crippen LogP contribution < -0.4 is 16.2 Å². The number of aliphatic hydroxyl groups excluding tert-OH is 1. The van der Waals surface area contributed by atoms with E-state index in [0.717, 1.165) is 25.7 Å². The summed E-state index contributed by atoms with van der Waals surface area (Å²) < 4.78 is 1.69. The van der Waals surface area contributed by atoms with Gasteiger partial charge in [0.25, 0.3) is 5.56 Å². The first-order chi connectivity index (χ1) is 17.5. The van der Waals surface area contributed by atoms with Gasteiger partial charge < -0.3 is 25.2 Å². The molecule has 4 heterocycles. The average Bonchev–Trinajstić information content (AvgIpc) is 3.60. The van der Waals surface area contributed by atoms with Gasteiger partial charge in [-0.1, -0.05) is 25.0 Å². The Labute approximate surface area is 209 Å². The maximum atomic E-state index is 13.7. The molecule has 5 rings (SSSR count). The van der Waals surface area contributed by atoms with Gasteiger partial charge in [0.1, 0.15) is 12.4 Å². The summed E-state index contributed by atoms with van der Waals surface area (Å²) in [6, 6.07) is 3.73. The molecule has 2 aromatic heterocycles. The molecular weight excluding hydrogens is 460 g/mol. The summed E-state index contributed by atoms with van der Waals surface area (Å²) in [5.74, 6) is -1.12. The van der Waals surface area contributed by atoms with Crippen molar-refractivity contribution in [3.8, 4) is 0 Å². The second kappa shape index (κ2) is 10.2. The molecule has 2 aromatic rings. The summed E-state index contributed by atoms with van der Waals surface area (Å²) in [5, 5.41) is 16.4. The number of fused-ring (bicyclic) bond motifs is 3. The van der Waals surface area contributed by atoms with Crippen molar-refractivity contribution < 1.29 is 14.7 Å². The quantitative estimate of drug-likeness (QED) is 0.562. The van der Waals surface area contributed by atoms with Crippen LogP contribution in [0.2, 0.25) is 0 Å². The van der Waals surface area contributed by atoms with Gasteiger partial charge >= 0.3 is 6.03 Å². The van der Waals surface area contributed by atoms with Gasteiger partial charge in [-0.15, -0.1) is 0 Å². The van der Waals surface area contributed by atoms with Crippen molar-refractivity contribution in [3.05, 3.63) is 64.1 Å². The van der Waals surface area contributed by atoms with Crippen LogP contribution in [0.5, 0.6) is 0 Å². The van der Waals surface area contributed by atoms with Crippen LogP contribution in [0.1, 0.15) is 55.6 Å². The van der Waals surface area contributed by atoms with Crippen LogP contribution in [-0.4, -0.2) is 55.2 Å². The van der Waals surface area contributed by atoms with E-state index in [4.69, 9.17) is 0 Å². The number of carbonyl (C=O) groups excluding carboxylic acids is 2. The molecule has 2 aliphatic heterocycles. The molecule has 1 saturated carbocycles. The molecule has 10 heteroatoms. The Hall–Kier alpha value is -3.53. The van der Waals surface area contributed by atoms with Crippen molar-refractivity contribution >= 4 is 18.0 Å². The smallest absolute Gasteiger partial charge is 0.318 e. The van der Waals surface area contributed by atoms with E-state index in [1.54, 1.807) is 33.9 Å². The lowest BCUT2D eigenvalue weighted by atomic mass is 9.88. The zero-order chi connectivity index (χ0) is 25.2. The van der Waals surface area contributed by atoms with Crippen LogP contribution in [0.4, 0.5) is 4.79 Å². The summed E-state index contributed by atoms with van der Waals surface area (Å²) >= 11 is 0. The molecule has 1 aliphatic carbocycles. The van der Waals surface area contributed by atoms with Crippen LogP contribution in [0.25, 0.3) is 6.08 Å². The number of hydrogen-bond donors (Lipinski definition) is 3. The van der Waals surface area contributed by atoms with Crippen molar-refractivity contribution in [2.45, 2.75) is 63.8 Å². The van der Waals surface area contributed by atoms with Gasteiger partial charge in [-0.25, -0.2) is 14.8 Å². The summed E-state index contributed by atoms with van der Waals surface area (Å²) in [5.41, 5.74) is 1.79. The predicted molar refractivity (Wildman–Crippen MR) is 133 cm³/mol. The standard InChI is InChI=1S/C26H32N6O4/c1-2-5-16-8-9-21-22-19(13-31(21)25(16)35)20(14-33)23(24(34)28-12-18-10-11-27-15-29-18)32(22)26(36)30-17-6-3-4-7-17/h2,5,8-11,15,17,19-20,22-23,33H,3-4,6-7,12-14H2,1H3,(H,28,34)(H,30,36)/t19-,20-,22+,23-/m0/s1. The van der Waals surface area contributed by atoms with Crippen LogP contribution in [0.3, 0.4) is 0 Å². The number of likely N-dealkylation sites (tertiary alicyclic amines) is 1. The SMILES string of the molecule is CC=Cc1ccc2n(c1=O)C[C@H]1[C@H](CO)[C@@H](C(=O)NCc3ccncn3)N(C(=O)NC3CCCC3)[C@@H]21. The number of nitrogens with one attached hydrogen (secondary N) is 2. The molecule has 2 fully saturated rings. The van der Waals surface area contributed by atoms with Crippen molar-refractivity contribution in [2.24, 2.45) is 11.8 Å². The molecule has 0 spiro atoms. The summed E-state index contributed by atoms with van der Waals surface area (Å²) in [6.45, 7) is 2.11. The Morgan fingerprint density at radius 3 is 2.72 bits per heavy atom. The second-order valence-corrected chi connectivity index (χ2v) is 9.79. The minimum absolute atomic E-state index is 0.0644. The van der Waals surface area contributed by atoms with Gasteiger partial charge in [-0.2, -0.15) is 0 Å². The number of carbonyl (C=O) groups is 2. The highest BCUT2D eigenvalue weighted by Gasteiger charge is 2.57. The Morgan fingerprint density at radius 1 is 1.22 bits per heavy atom. The molecule has 190 valence electrons. The van der Waals surface area contributed by atoms with Crippen molar-refractivity contribution in [3.63, 3.8) is 0 Å². The van der Waals surface area contributed by atoms with E-state index in [-0.39, 0.29) is 42.6 Å². The Balaban J connectivity index is 1.49. The van der Waals surface area contributed by atoms with E-state index in [0.29, 0.717) is 23.5 Å². The summed E-state index contributed by atoms with van der Waals surface area (Å²) in [7, 11) is 0. The Kier molecular flexibility index (Phi) is 6.86. The second-order valence-electron chi connectivity index (χ2n) is 9.79. The molecule has 3 amide bonds. The normalized spacial score (nSPS) is 25.2. The lowest BCUT2D eigenvalue weighted by Gasteiger charge is -2.32. The number of aliphatic hydroxyl groups is 1. The van der Waals surface area contributed by atoms with Crippen molar-refractivity contribution in [1.82, 2.24) is 30.1 Å². The fraction of sp³-hybridized carbons (Fsp3) is 0.500. The average molecular weight is 493 g/mol. The minimum atomic E-state index is -0.868. The first-order valence-electron chi connectivity index (χ1n) is 12.6. The molecule has 4 atom stereocenters. The highest BCUT2D eigenvalue weighted by molar-refractivity contribution is 5.88. The van der Waals surface area contributed by atoms with E-state index in [1.807, 2.05) is 19.1 Å². The number of rotatable bonds is 6. The fourth-order valence-corrected chi connectivity index (χ4v) is 6.06. The molecule has 0 bridgehead atoms. The number of amides is 3. The van der Waals surface area contributed by atoms with E-state index in [1.165, 1.54) is 6.33 Å². The van der Waals surface area contributed by atoms with E-state index in [2.05, 4.69) is 20.6 Å². The van der Waals surface area contributed by atoms with Crippen molar-refractivity contribution in [1.29, 1.82) is 0 Å². The number of allylic oxidation sites excluding steroid dienone is 1. The summed E-state index contributed by atoms with van der Waals surface area (Å²) in [6.07, 6.45) is 10.5. The molecular formula is C26H32N6O4. The monoisotopic (exact) mass is 492 g/mol. The number of nitrogens with zero attached hydrogens (tertiary/aromatic N) is 4. The largest absolute Gasteiger partial charge is 0.396 e. The van der Waals surface area contributed by atoms with E-state index < -0.39 is 18.0 Å². The van der Waals surface area contributed by atoms with Gasteiger partial charge in [-0.05, 0) is 38.0 Å². The van der Waals surface area contributed by atoms with Crippen LogP contribution in [-0.2, 0) is 17.9 Å². The Bertz CT molecular complexity index is 1210.